The molecule has 0 atom stereocenters. The van der Waals surface area contributed by atoms with Crippen molar-refractivity contribution in [3.63, 3.8) is 0 Å². The number of rotatable bonds is 20. The van der Waals surface area contributed by atoms with E-state index in [1.807, 2.05) is 30.3 Å². The molecule has 0 amide bonds. The van der Waals surface area contributed by atoms with Gasteiger partial charge >= 0.3 is 0 Å². The van der Waals surface area contributed by atoms with Crippen LogP contribution in [0.15, 0.2) is 30.3 Å². The molecule has 0 heterocycles. The summed E-state index contributed by atoms with van der Waals surface area (Å²) in [5, 5.41) is 0. The number of ketones is 2. The van der Waals surface area contributed by atoms with Crippen molar-refractivity contribution in [1.82, 2.24) is 0 Å². The Morgan fingerprint density at radius 1 is 0.586 bits per heavy atom. The highest BCUT2D eigenvalue weighted by atomic mass is 16.1. The molecule has 0 radical (unpaired) electrons. The Morgan fingerprint density at radius 2 is 1.03 bits per heavy atom. The first-order valence-electron chi connectivity index (χ1n) is 12.3. The SMILES string of the molecule is CCCCCCCCCCCCCCCCCC(=O)CC(=O)Cc1ccccc1. The summed E-state index contributed by atoms with van der Waals surface area (Å²) in [5.41, 5.74) is 0.997. The minimum Gasteiger partial charge on any atom is -0.299 e. The molecule has 0 spiro atoms. The van der Waals surface area contributed by atoms with Gasteiger partial charge in [0, 0.05) is 12.8 Å². The summed E-state index contributed by atoms with van der Waals surface area (Å²) < 4.78 is 0. The smallest absolute Gasteiger partial charge is 0.144 e. The lowest BCUT2D eigenvalue weighted by Gasteiger charge is -2.04. The van der Waals surface area contributed by atoms with Crippen molar-refractivity contribution in [3.8, 4) is 0 Å². The molecule has 0 saturated carbocycles. The summed E-state index contributed by atoms with van der Waals surface area (Å²) in [6, 6.07) is 9.68. The van der Waals surface area contributed by atoms with Crippen LogP contribution in [0.3, 0.4) is 0 Å². The molecule has 1 rings (SSSR count). The van der Waals surface area contributed by atoms with Gasteiger partial charge in [0.25, 0.3) is 0 Å². The van der Waals surface area contributed by atoms with Crippen LogP contribution in [0.1, 0.15) is 122 Å². The van der Waals surface area contributed by atoms with Crippen LogP contribution in [0.25, 0.3) is 0 Å². The highest BCUT2D eigenvalue weighted by Gasteiger charge is 2.10. The van der Waals surface area contributed by atoms with Crippen molar-refractivity contribution in [2.24, 2.45) is 0 Å². The molecule has 0 unspecified atom stereocenters. The molecule has 2 nitrogen and oxygen atoms in total. The van der Waals surface area contributed by atoms with E-state index in [-0.39, 0.29) is 18.0 Å². The number of hydrogen-bond acceptors (Lipinski definition) is 2. The fourth-order valence-electron chi connectivity index (χ4n) is 3.89. The maximum atomic E-state index is 12.0. The Morgan fingerprint density at radius 3 is 1.52 bits per heavy atom. The molecule has 1 aromatic carbocycles. The third-order valence-corrected chi connectivity index (χ3v) is 5.70. The quantitative estimate of drug-likeness (QED) is 0.164. The Bertz CT molecular complexity index is 521. The summed E-state index contributed by atoms with van der Waals surface area (Å²) in [7, 11) is 0. The number of hydrogen-bond donors (Lipinski definition) is 0. The van der Waals surface area contributed by atoms with Gasteiger partial charge < -0.3 is 0 Å². The van der Waals surface area contributed by atoms with Crippen molar-refractivity contribution >= 4 is 11.6 Å². The number of Topliss-reactive ketones (excluding diaryl/α,β-unsaturated/α-hetero) is 2. The van der Waals surface area contributed by atoms with Crippen LogP contribution in [0.4, 0.5) is 0 Å². The molecule has 0 saturated heterocycles. The Hall–Kier alpha value is -1.44. The minimum absolute atomic E-state index is 0.0437. The third kappa shape index (κ3) is 16.1. The molecule has 1 aromatic rings. The third-order valence-electron chi connectivity index (χ3n) is 5.70. The van der Waals surface area contributed by atoms with Gasteiger partial charge in [0.05, 0.1) is 6.42 Å². The molecular formula is C27H44O2. The van der Waals surface area contributed by atoms with Gasteiger partial charge in [-0.05, 0) is 12.0 Å². The van der Waals surface area contributed by atoms with Gasteiger partial charge in [-0.3, -0.25) is 9.59 Å². The van der Waals surface area contributed by atoms with Gasteiger partial charge in [-0.2, -0.15) is 0 Å². The second kappa shape index (κ2) is 18.6. The zero-order valence-electron chi connectivity index (χ0n) is 18.9. The maximum absolute atomic E-state index is 12.0. The normalized spacial score (nSPS) is 10.9. The molecule has 0 aliphatic heterocycles. The van der Waals surface area contributed by atoms with Crippen LogP contribution in [0.5, 0.6) is 0 Å². The van der Waals surface area contributed by atoms with E-state index in [1.165, 1.54) is 83.5 Å². The number of unbranched alkanes of at least 4 members (excludes halogenated alkanes) is 14. The Kier molecular flexibility index (Phi) is 16.4. The number of carbonyl (C=O) groups excluding carboxylic acids is 2. The van der Waals surface area contributed by atoms with Crippen molar-refractivity contribution < 1.29 is 9.59 Å². The van der Waals surface area contributed by atoms with E-state index in [4.69, 9.17) is 0 Å². The lowest BCUT2D eigenvalue weighted by molar-refractivity contribution is -0.126. The highest BCUT2D eigenvalue weighted by molar-refractivity contribution is 5.99. The predicted octanol–water partition coefficient (Wildman–Crippen LogP) is 8.02. The molecule has 0 bridgehead atoms. The fourth-order valence-corrected chi connectivity index (χ4v) is 3.89. The molecule has 29 heavy (non-hydrogen) atoms. The van der Waals surface area contributed by atoms with Crippen LogP contribution >= 0.6 is 0 Å². The monoisotopic (exact) mass is 400 g/mol. The van der Waals surface area contributed by atoms with E-state index in [1.54, 1.807) is 0 Å². The number of carbonyl (C=O) groups is 2. The largest absolute Gasteiger partial charge is 0.299 e. The molecule has 2 heteroatoms. The minimum atomic E-state index is 0.0437. The fraction of sp³-hybridized carbons (Fsp3) is 0.704. The van der Waals surface area contributed by atoms with E-state index in [0.29, 0.717) is 12.8 Å². The average molecular weight is 401 g/mol. The molecular weight excluding hydrogens is 356 g/mol. The van der Waals surface area contributed by atoms with Crippen LogP contribution in [-0.4, -0.2) is 11.6 Å². The summed E-state index contributed by atoms with van der Waals surface area (Å²) in [6.45, 7) is 2.27. The van der Waals surface area contributed by atoms with E-state index in [0.717, 1.165) is 18.4 Å². The van der Waals surface area contributed by atoms with Crippen LogP contribution in [-0.2, 0) is 16.0 Å². The first kappa shape index (κ1) is 25.6. The number of benzene rings is 1. The van der Waals surface area contributed by atoms with Crippen LogP contribution < -0.4 is 0 Å². The van der Waals surface area contributed by atoms with E-state index in [2.05, 4.69) is 6.92 Å². The van der Waals surface area contributed by atoms with Gasteiger partial charge in [0.1, 0.15) is 11.6 Å². The zero-order valence-corrected chi connectivity index (χ0v) is 18.9. The van der Waals surface area contributed by atoms with Crippen molar-refractivity contribution in [1.29, 1.82) is 0 Å². The molecule has 164 valence electrons. The van der Waals surface area contributed by atoms with Crippen molar-refractivity contribution in [2.75, 3.05) is 0 Å². The molecule has 0 aromatic heterocycles. The molecule has 0 aliphatic carbocycles. The van der Waals surface area contributed by atoms with Crippen molar-refractivity contribution in [3.05, 3.63) is 35.9 Å². The topological polar surface area (TPSA) is 34.1 Å². The van der Waals surface area contributed by atoms with E-state index in [9.17, 15) is 9.59 Å². The molecule has 0 fully saturated rings. The molecule has 0 aliphatic rings. The summed E-state index contributed by atoms with van der Waals surface area (Å²) in [6.07, 6.45) is 21.0. The van der Waals surface area contributed by atoms with Gasteiger partial charge in [0.15, 0.2) is 0 Å². The van der Waals surface area contributed by atoms with E-state index < -0.39 is 0 Å². The van der Waals surface area contributed by atoms with Crippen LogP contribution in [0, 0.1) is 0 Å². The highest BCUT2D eigenvalue weighted by Crippen LogP contribution is 2.14. The standard InChI is InChI=1S/C27H44O2/c1-2-3-4-5-6-7-8-9-10-11-12-13-14-15-19-22-26(28)24-27(29)23-25-20-17-16-18-21-25/h16-18,20-21H,2-15,19,22-24H2,1H3. The Balaban J connectivity index is 1.83. The predicted molar refractivity (Wildman–Crippen MR) is 124 cm³/mol. The zero-order chi connectivity index (χ0) is 21.0. The maximum Gasteiger partial charge on any atom is 0.144 e. The lowest BCUT2D eigenvalue weighted by Crippen LogP contribution is -2.10. The van der Waals surface area contributed by atoms with Gasteiger partial charge in [-0.15, -0.1) is 0 Å². The summed E-state index contributed by atoms with van der Waals surface area (Å²) in [4.78, 5) is 23.9. The summed E-state index contributed by atoms with van der Waals surface area (Å²) >= 11 is 0. The lowest BCUT2D eigenvalue weighted by atomic mass is 10.0. The second-order valence-electron chi connectivity index (χ2n) is 8.62. The Labute approximate surface area is 179 Å². The first-order valence-corrected chi connectivity index (χ1v) is 12.3. The van der Waals surface area contributed by atoms with Crippen LogP contribution in [0.2, 0.25) is 0 Å². The summed E-state index contributed by atoms with van der Waals surface area (Å²) in [5.74, 6) is 0.155. The van der Waals surface area contributed by atoms with E-state index >= 15 is 0 Å². The van der Waals surface area contributed by atoms with Gasteiger partial charge in [-0.25, -0.2) is 0 Å². The average Bonchev–Trinajstić information content (AvgIpc) is 2.71. The molecule has 0 N–H and O–H groups in total. The first-order chi connectivity index (χ1) is 14.2. The second-order valence-corrected chi connectivity index (χ2v) is 8.62. The van der Waals surface area contributed by atoms with Gasteiger partial charge in [0.2, 0.25) is 0 Å². The van der Waals surface area contributed by atoms with Crippen molar-refractivity contribution in [2.45, 2.75) is 122 Å². The van der Waals surface area contributed by atoms with Gasteiger partial charge in [-0.1, -0.05) is 127 Å².